The number of rotatable bonds is 3. The molecule has 0 bridgehead atoms. The lowest BCUT2D eigenvalue weighted by Crippen LogP contribution is -2.00. The Morgan fingerprint density at radius 3 is 2.11 bits per heavy atom. The van der Waals surface area contributed by atoms with Gasteiger partial charge in [0.2, 0.25) is 0 Å². The molecule has 0 spiro atoms. The van der Waals surface area contributed by atoms with Gasteiger partial charge in [-0.3, -0.25) is 9.05 Å². The van der Waals surface area contributed by atoms with Crippen LogP contribution in [0, 0.1) is 0 Å². The van der Waals surface area contributed by atoms with Gasteiger partial charge in [-0.2, -0.15) is 0 Å². The van der Waals surface area contributed by atoms with Crippen LogP contribution in [0.15, 0.2) is 0 Å². The van der Waals surface area contributed by atoms with Gasteiger partial charge >= 0.3 is 7.82 Å². The fourth-order valence-electron chi connectivity index (χ4n) is 0.309. The third kappa shape index (κ3) is 4.60. The predicted octanol–water partition coefficient (Wildman–Crippen LogP) is 1.16. The van der Waals surface area contributed by atoms with Crippen molar-refractivity contribution in [1.29, 1.82) is 0 Å². The van der Waals surface area contributed by atoms with Crippen LogP contribution in [-0.2, 0) is 13.6 Å². The summed E-state index contributed by atoms with van der Waals surface area (Å²) in [5, 5.41) is 0. The second-order valence-electron chi connectivity index (χ2n) is 1.81. The molecular weight excluding hydrogens is 143 g/mol. The van der Waals surface area contributed by atoms with Crippen molar-refractivity contribution in [3.8, 4) is 0 Å². The molecular formula is C4H11O4P. The lowest BCUT2D eigenvalue weighted by Gasteiger charge is -2.10. The SMILES string of the molecule is COP(=O)(O)OC(C)C. The monoisotopic (exact) mass is 154 g/mol. The van der Waals surface area contributed by atoms with Crippen LogP contribution < -0.4 is 0 Å². The summed E-state index contributed by atoms with van der Waals surface area (Å²) in [6.45, 7) is 3.31. The van der Waals surface area contributed by atoms with Gasteiger partial charge in [0.05, 0.1) is 6.10 Å². The van der Waals surface area contributed by atoms with Gasteiger partial charge in [-0.1, -0.05) is 0 Å². The highest BCUT2D eigenvalue weighted by atomic mass is 31.2. The van der Waals surface area contributed by atoms with E-state index in [9.17, 15) is 4.57 Å². The van der Waals surface area contributed by atoms with Crippen molar-refractivity contribution in [2.24, 2.45) is 0 Å². The summed E-state index contributed by atoms with van der Waals surface area (Å²) < 4.78 is 19.1. The van der Waals surface area contributed by atoms with Crippen LogP contribution in [0.4, 0.5) is 0 Å². The Kier molecular flexibility index (Phi) is 3.36. The van der Waals surface area contributed by atoms with E-state index in [2.05, 4.69) is 9.05 Å². The highest BCUT2D eigenvalue weighted by Crippen LogP contribution is 2.43. The zero-order valence-electron chi connectivity index (χ0n) is 5.70. The summed E-state index contributed by atoms with van der Waals surface area (Å²) in [4.78, 5) is 8.60. The molecule has 0 saturated carbocycles. The highest BCUT2D eigenvalue weighted by molar-refractivity contribution is 7.47. The molecule has 4 nitrogen and oxygen atoms in total. The van der Waals surface area contributed by atoms with E-state index in [1.807, 2.05) is 0 Å². The predicted molar refractivity (Wildman–Crippen MR) is 33.1 cm³/mol. The maximum atomic E-state index is 10.5. The summed E-state index contributed by atoms with van der Waals surface area (Å²) in [6, 6.07) is 0. The molecule has 0 aromatic carbocycles. The van der Waals surface area contributed by atoms with E-state index in [1.54, 1.807) is 13.8 Å². The second kappa shape index (κ2) is 3.32. The van der Waals surface area contributed by atoms with E-state index in [-0.39, 0.29) is 6.10 Å². The standard InChI is InChI=1S/C4H11O4P/c1-4(2)8-9(5,6)7-3/h4H,1-3H3,(H,5,6). The van der Waals surface area contributed by atoms with Crippen molar-refractivity contribution in [2.45, 2.75) is 20.0 Å². The first-order valence-electron chi connectivity index (χ1n) is 2.55. The molecule has 1 N–H and O–H groups in total. The number of hydrogen-bond acceptors (Lipinski definition) is 3. The first-order valence-corrected chi connectivity index (χ1v) is 4.04. The lowest BCUT2D eigenvalue weighted by molar-refractivity contribution is 0.139. The summed E-state index contributed by atoms with van der Waals surface area (Å²) in [5.74, 6) is 0. The van der Waals surface area contributed by atoms with Gasteiger partial charge < -0.3 is 4.89 Å². The van der Waals surface area contributed by atoms with Crippen molar-refractivity contribution in [1.82, 2.24) is 0 Å². The molecule has 0 saturated heterocycles. The number of hydrogen-bond donors (Lipinski definition) is 1. The summed E-state index contributed by atoms with van der Waals surface area (Å²) >= 11 is 0. The minimum Gasteiger partial charge on any atom is -0.302 e. The molecule has 0 aliphatic rings. The Hall–Kier alpha value is 0.110. The average molecular weight is 154 g/mol. The number of phosphoric ester groups is 1. The van der Waals surface area contributed by atoms with E-state index in [0.29, 0.717) is 0 Å². The van der Waals surface area contributed by atoms with Crippen molar-refractivity contribution in [2.75, 3.05) is 7.11 Å². The van der Waals surface area contributed by atoms with Crippen molar-refractivity contribution >= 4 is 7.82 Å². The summed E-state index contributed by atoms with van der Waals surface area (Å²) in [5.41, 5.74) is 0. The van der Waals surface area contributed by atoms with Crippen molar-refractivity contribution in [3.05, 3.63) is 0 Å². The van der Waals surface area contributed by atoms with Gasteiger partial charge in [0.1, 0.15) is 0 Å². The zero-order chi connectivity index (χ0) is 7.49. The molecule has 5 heteroatoms. The van der Waals surface area contributed by atoms with Crippen LogP contribution in [-0.4, -0.2) is 18.1 Å². The maximum Gasteiger partial charge on any atom is 0.472 e. The van der Waals surface area contributed by atoms with E-state index < -0.39 is 7.82 Å². The van der Waals surface area contributed by atoms with Crippen LogP contribution in [0.5, 0.6) is 0 Å². The molecule has 0 aromatic rings. The fraction of sp³-hybridized carbons (Fsp3) is 1.00. The molecule has 0 radical (unpaired) electrons. The molecule has 0 aliphatic heterocycles. The van der Waals surface area contributed by atoms with Crippen molar-refractivity contribution < 1.29 is 18.5 Å². The minimum absolute atomic E-state index is 0.291. The molecule has 1 unspecified atom stereocenters. The summed E-state index contributed by atoms with van der Waals surface area (Å²) in [7, 11) is -2.60. The molecule has 0 aliphatic carbocycles. The Labute approximate surface area is 54.4 Å². The Bertz CT molecular complexity index is 122. The zero-order valence-corrected chi connectivity index (χ0v) is 6.59. The Morgan fingerprint density at radius 1 is 1.56 bits per heavy atom. The first-order chi connectivity index (χ1) is 3.98. The van der Waals surface area contributed by atoms with E-state index in [4.69, 9.17) is 4.89 Å². The smallest absolute Gasteiger partial charge is 0.302 e. The summed E-state index contributed by atoms with van der Waals surface area (Å²) in [6.07, 6.45) is -0.291. The highest BCUT2D eigenvalue weighted by Gasteiger charge is 2.19. The third-order valence-corrected chi connectivity index (χ3v) is 1.72. The van der Waals surface area contributed by atoms with Gasteiger partial charge in [-0.25, -0.2) is 4.57 Å². The molecule has 0 fully saturated rings. The van der Waals surface area contributed by atoms with Crippen LogP contribution in [0.1, 0.15) is 13.8 Å². The molecule has 1 atom stereocenters. The van der Waals surface area contributed by atoms with Crippen LogP contribution in [0.3, 0.4) is 0 Å². The number of phosphoric acid groups is 1. The lowest BCUT2D eigenvalue weighted by atomic mass is 10.5. The molecule has 0 aromatic heterocycles. The van der Waals surface area contributed by atoms with Crippen molar-refractivity contribution in [3.63, 3.8) is 0 Å². The van der Waals surface area contributed by atoms with Gasteiger partial charge in [0, 0.05) is 7.11 Å². The maximum absolute atomic E-state index is 10.5. The quantitative estimate of drug-likeness (QED) is 0.619. The topological polar surface area (TPSA) is 55.8 Å². The molecule has 9 heavy (non-hydrogen) atoms. The van der Waals surface area contributed by atoms with Crippen LogP contribution in [0.2, 0.25) is 0 Å². The molecule has 0 heterocycles. The van der Waals surface area contributed by atoms with Gasteiger partial charge in [-0.05, 0) is 13.8 Å². The average Bonchev–Trinajstić information content (AvgIpc) is 1.63. The first kappa shape index (κ1) is 9.11. The van der Waals surface area contributed by atoms with E-state index >= 15 is 0 Å². The van der Waals surface area contributed by atoms with Gasteiger partial charge in [0.25, 0.3) is 0 Å². The van der Waals surface area contributed by atoms with Gasteiger partial charge in [0.15, 0.2) is 0 Å². The normalized spacial score (nSPS) is 17.9. The molecule has 56 valence electrons. The fourth-order valence-corrected chi connectivity index (χ4v) is 0.928. The van der Waals surface area contributed by atoms with Crippen LogP contribution in [0.25, 0.3) is 0 Å². The molecule has 0 amide bonds. The Balaban J connectivity index is 3.73. The van der Waals surface area contributed by atoms with E-state index in [0.717, 1.165) is 7.11 Å². The van der Waals surface area contributed by atoms with E-state index in [1.165, 1.54) is 0 Å². The van der Waals surface area contributed by atoms with Crippen LogP contribution >= 0.6 is 7.82 Å². The largest absolute Gasteiger partial charge is 0.472 e. The minimum atomic E-state index is -3.73. The van der Waals surface area contributed by atoms with Gasteiger partial charge in [-0.15, -0.1) is 0 Å². The molecule has 0 rings (SSSR count). The third-order valence-electron chi connectivity index (χ3n) is 0.575. The second-order valence-corrected chi connectivity index (χ2v) is 3.32. The Morgan fingerprint density at radius 2 is 2.00 bits per heavy atom.